The molecule has 23 heavy (non-hydrogen) atoms. The summed E-state index contributed by atoms with van der Waals surface area (Å²) in [6, 6.07) is 6.47. The van der Waals surface area contributed by atoms with Crippen LogP contribution in [0.1, 0.15) is 6.42 Å². The Hall–Kier alpha value is -1.65. The lowest BCUT2D eigenvalue weighted by Gasteiger charge is -2.33. The lowest BCUT2D eigenvalue weighted by Crippen LogP contribution is -2.48. The molecule has 3 heterocycles. The first kappa shape index (κ1) is 13.8. The van der Waals surface area contributed by atoms with Crippen LogP contribution in [-0.4, -0.2) is 49.2 Å². The van der Waals surface area contributed by atoms with E-state index in [4.69, 9.17) is 21.6 Å². The van der Waals surface area contributed by atoms with E-state index in [-0.39, 0.29) is 0 Å². The maximum atomic E-state index is 6.22. The van der Waals surface area contributed by atoms with Crippen LogP contribution in [0.3, 0.4) is 0 Å². The van der Waals surface area contributed by atoms with Crippen molar-refractivity contribution in [2.24, 2.45) is 10.9 Å². The zero-order valence-electron chi connectivity index (χ0n) is 13.2. The molecule has 0 radical (unpaired) electrons. The first-order valence-electron chi connectivity index (χ1n) is 8.31. The third-order valence-electron chi connectivity index (χ3n) is 5.23. The summed E-state index contributed by atoms with van der Waals surface area (Å²) < 4.78 is 0. The van der Waals surface area contributed by atoms with Gasteiger partial charge in [-0.1, -0.05) is 17.7 Å². The van der Waals surface area contributed by atoms with E-state index in [1.807, 2.05) is 18.2 Å². The van der Waals surface area contributed by atoms with Gasteiger partial charge in [0, 0.05) is 47.7 Å². The predicted octanol–water partition coefficient (Wildman–Crippen LogP) is 1.44. The van der Waals surface area contributed by atoms with E-state index in [0.29, 0.717) is 12.0 Å². The highest BCUT2D eigenvalue weighted by Gasteiger charge is 2.37. The summed E-state index contributed by atoms with van der Waals surface area (Å²) in [7, 11) is 2.18. The topological polar surface area (TPSA) is 31.7 Å². The standard InChI is InChI=1S/C18H19ClN4/c1-22-4-6-23(7-5-22)18-17-14(8-11-9-16(11)20-17)13-10-12(19)2-3-15(13)21-18/h2-3,8,10-11,16H,4-7,9H2,1H3/t11?,16-/m1/s1. The van der Waals surface area contributed by atoms with Crippen LogP contribution in [-0.2, 0) is 0 Å². The summed E-state index contributed by atoms with van der Waals surface area (Å²) >= 11 is 6.22. The molecule has 2 atom stereocenters. The molecule has 0 bridgehead atoms. The molecule has 2 fully saturated rings. The zero-order valence-corrected chi connectivity index (χ0v) is 13.9. The third-order valence-corrected chi connectivity index (χ3v) is 5.46. The summed E-state index contributed by atoms with van der Waals surface area (Å²) in [5.74, 6) is 1.68. The van der Waals surface area contributed by atoms with Gasteiger partial charge in [-0.3, -0.25) is 4.99 Å². The van der Waals surface area contributed by atoms with Gasteiger partial charge in [0.2, 0.25) is 0 Å². The van der Waals surface area contributed by atoms with Crippen LogP contribution in [0.5, 0.6) is 0 Å². The van der Waals surface area contributed by atoms with Crippen molar-refractivity contribution in [2.75, 3.05) is 38.1 Å². The molecular weight excluding hydrogens is 308 g/mol. The average Bonchev–Trinajstić information content (AvgIpc) is 3.32. The first-order chi connectivity index (χ1) is 11.2. The Morgan fingerprint density at radius 2 is 2.00 bits per heavy atom. The Labute approximate surface area is 140 Å². The Morgan fingerprint density at radius 1 is 1.17 bits per heavy atom. The van der Waals surface area contributed by atoms with E-state index in [1.165, 1.54) is 11.6 Å². The second kappa shape index (κ2) is 4.92. The summed E-state index contributed by atoms with van der Waals surface area (Å²) in [6.07, 6.45) is 3.58. The molecule has 0 amide bonds. The zero-order chi connectivity index (χ0) is 15.6. The summed E-state index contributed by atoms with van der Waals surface area (Å²) in [6.45, 7) is 4.17. The van der Waals surface area contributed by atoms with Crippen molar-refractivity contribution >= 4 is 34.4 Å². The van der Waals surface area contributed by atoms with Crippen LogP contribution in [0.2, 0.25) is 5.02 Å². The molecule has 2 aromatic rings. The molecule has 5 rings (SSSR count). The van der Waals surface area contributed by atoms with Crippen LogP contribution in [0.15, 0.2) is 23.2 Å². The molecule has 2 aliphatic heterocycles. The molecule has 0 N–H and O–H groups in total. The van der Waals surface area contributed by atoms with Crippen LogP contribution >= 0.6 is 11.6 Å². The van der Waals surface area contributed by atoms with Crippen molar-refractivity contribution in [2.45, 2.75) is 12.5 Å². The smallest absolute Gasteiger partial charge is 0.155 e. The van der Waals surface area contributed by atoms with Crippen LogP contribution in [0.4, 0.5) is 5.82 Å². The Balaban J connectivity index is 1.76. The Morgan fingerprint density at radius 3 is 2.83 bits per heavy atom. The summed E-state index contributed by atoms with van der Waals surface area (Å²) in [5, 5.41) is 4.23. The number of likely N-dealkylation sites (N-methyl/N-ethyl adjacent to an activating group) is 1. The van der Waals surface area contributed by atoms with E-state index < -0.39 is 0 Å². The monoisotopic (exact) mass is 326 g/mol. The van der Waals surface area contributed by atoms with Crippen molar-refractivity contribution < 1.29 is 0 Å². The van der Waals surface area contributed by atoms with Crippen LogP contribution < -0.4 is 15.5 Å². The number of benzene rings is 1. The highest BCUT2D eigenvalue weighted by atomic mass is 35.5. The molecule has 118 valence electrons. The van der Waals surface area contributed by atoms with Gasteiger partial charge in [-0.05, 0) is 31.7 Å². The van der Waals surface area contributed by atoms with Gasteiger partial charge >= 0.3 is 0 Å². The van der Waals surface area contributed by atoms with Gasteiger partial charge in [-0.25, -0.2) is 4.98 Å². The molecular formula is C18H19ClN4. The third kappa shape index (κ3) is 2.24. The molecule has 1 aromatic heterocycles. The largest absolute Gasteiger partial charge is 0.352 e. The van der Waals surface area contributed by atoms with Crippen molar-refractivity contribution in [3.8, 4) is 0 Å². The fraction of sp³-hybridized carbons (Fsp3) is 0.444. The van der Waals surface area contributed by atoms with Gasteiger partial charge in [0.25, 0.3) is 0 Å². The SMILES string of the molecule is CN1CCN(c2nc3ccc(Cl)cc3c3c2=N[C@@H]2CC2C=3)CC1. The number of halogens is 1. The number of nitrogens with zero attached hydrogens (tertiary/aromatic N) is 4. The van der Waals surface area contributed by atoms with E-state index in [2.05, 4.69) is 22.9 Å². The number of fused-ring (bicyclic) bond motifs is 4. The maximum Gasteiger partial charge on any atom is 0.155 e. The molecule has 1 unspecified atom stereocenters. The fourth-order valence-corrected chi connectivity index (χ4v) is 3.85. The van der Waals surface area contributed by atoms with Crippen molar-refractivity contribution in [1.82, 2.24) is 9.88 Å². The van der Waals surface area contributed by atoms with Gasteiger partial charge < -0.3 is 9.80 Å². The maximum absolute atomic E-state index is 6.22. The molecule has 1 aromatic carbocycles. The number of rotatable bonds is 1. The highest BCUT2D eigenvalue weighted by molar-refractivity contribution is 6.31. The average molecular weight is 327 g/mol. The van der Waals surface area contributed by atoms with Gasteiger partial charge in [0.15, 0.2) is 5.82 Å². The normalized spacial score (nSPS) is 26.3. The Kier molecular flexibility index (Phi) is 2.94. The number of hydrogen-bond acceptors (Lipinski definition) is 4. The summed E-state index contributed by atoms with van der Waals surface area (Å²) in [5.41, 5.74) is 1.02. The van der Waals surface area contributed by atoms with E-state index in [9.17, 15) is 0 Å². The predicted molar refractivity (Wildman–Crippen MR) is 93.6 cm³/mol. The highest BCUT2D eigenvalue weighted by Crippen LogP contribution is 2.36. The lowest BCUT2D eigenvalue weighted by molar-refractivity contribution is 0.312. The molecule has 5 heteroatoms. The second-order valence-electron chi connectivity index (χ2n) is 6.91. The molecule has 3 aliphatic rings. The summed E-state index contributed by atoms with van der Waals surface area (Å²) in [4.78, 5) is 14.7. The van der Waals surface area contributed by atoms with Crippen molar-refractivity contribution in [3.63, 3.8) is 0 Å². The number of hydrogen-bond donors (Lipinski definition) is 0. The van der Waals surface area contributed by atoms with Gasteiger partial charge in [0.05, 0.1) is 11.6 Å². The number of anilines is 1. The van der Waals surface area contributed by atoms with Crippen LogP contribution in [0.25, 0.3) is 17.0 Å². The molecule has 4 nitrogen and oxygen atoms in total. The minimum Gasteiger partial charge on any atom is -0.352 e. The minimum atomic E-state index is 0.479. The first-order valence-corrected chi connectivity index (χ1v) is 8.69. The van der Waals surface area contributed by atoms with E-state index in [1.54, 1.807) is 0 Å². The Bertz CT molecular complexity index is 915. The lowest BCUT2D eigenvalue weighted by atomic mass is 10.1. The van der Waals surface area contributed by atoms with Gasteiger partial charge in [-0.2, -0.15) is 0 Å². The van der Waals surface area contributed by atoms with Crippen LogP contribution in [0, 0.1) is 5.92 Å². The van der Waals surface area contributed by atoms with E-state index >= 15 is 0 Å². The molecule has 1 saturated carbocycles. The van der Waals surface area contributed by atoms with E-state index in [0.717, 1.165) is 53.3 Å². The van der Waals surface area contributed by atoms with Crippen molar-refractivity contribution in [1.29, 1.82) is 0 Å². The van der Waals surface area contributed by atoms with Gasteiger partial charge in [0.1, 0.15) is 5.36 Å². The fourth-order valence-electron chi connectivity index (χ4n) is 3.68. The minimum absolute atomic E-state index is 0.479. The number of aromatic nitrogens is 1. The number of piperazine rings is 1. The molecule has 1 aliphatic carbocycles. The second-order valence-corrected chi connectivity index (χ2v) is 7.35. The molecule has 0 spiro atoms. The molecule has 1 saturated heterocycles. The van der Waals surface area contributed by atoms with Crippen molar-refractivity contribution in [3.05, 3.63) is 33.8 Å². The number of pyridine rings is 1. The quantitative estimate of drug-likeness (QED) is 0.795. The van der Waals surface area contributed by atoms with Gasteiger partial charge in [-0.15, -0.1) is 0 Å².